The second kappa shape index (κ2) is 5.55. The zero-order valence-electron chi connectivity index (χ0n) is 10.6. The summed E-state index contributed by atoms with van der Waals surface area (Å²) >= 11 is 0. The number of terminal acetylenes is 1. The first-order valence-electron chi connectivity index (χ1n) is 6.66. The Bertz CT molecular complexity index is 317. The number of hydrogen-bond acceptors (Lipinski definition) is 2. The third-order valence-electron chi connectivity index (χ3n) is 3.74. The quantitative estimate of drug-likeness (QED) is 0.742. The maximum Gasteiger partial charge on any atom is 0.226 e. The summed E-state index contributed by atoms with van der Waals surface area (Å²) in [5.41, 5.74) is 0. The summed E-state index contributed by atoms with van der Waals surface area (Å²) in [4.78, 5) is 14.3. The zero-order chi connectivity index (χ0) is 12.3. The van der Waals surface area contributed by atoms with Gasteiger partial charge in [0.15, 0.2) is 0 Å². The summed E-state index contributed by atoms with van der Waals surface area (Å²) in [5.74, 6) is 3.80. The van der Waals surface area contributed by atoms with Gasteiger partial charge in [-0.05, 0) is 45.1 Å². The molecule has 0 bridgehead atoms. The fourth-order valence-corrected chi connectivity index (χ4v) is 2.57. The molecule has 94 valence electrons. The number of carbonyl (C=O) groups excluding carboxylic acids is 1. The van der Waals surface area contributed by atoms with Crippen molar-refractivity contribution in [3.05, 3.63) is 0 Å². The predicted molar refractivity (Wildman–Crippen MR) is 68.3 cm³/mol. The van der Waals surface area contributed by atoms with Gasteiger partial charge >= 0.3 is 0 Å². The molecule has 0 aromatic rings. The minimum Gasteiger partial charge on any atom is -0.331 e. The Balaban J connectivity index is 1.91. The lowest BCUT2D eigenvalue weighted by Crippen LogP contribution is -2.44. The van der Waals surface area contributed by atoms with Gasteiger partial charge in [-0.2, -0.15) is 0 Å². The smallest absolute Gasteiger partial charge is 0.226 e. The van der Waals surface area contributed by atoms with Crippen LogP contribution in [-0.4, -0.2) is 36.5 Å². The molecule has 1 amide bonds. The normalized spacial score (nSPS) is 28.5. The second-order valence-electron chi connectivity index (χ2n) is 5.44. The molecule has 1 N–H and O–H groups in total. The van der Waals surface area contributed by atoms with E-state index < -0.39 is 0 Å². The first-order valence-corrected chi connectivity index (χ1v) is 6.66. The standard InChI is InChI=1S/C14H22N2O/c1-3-8-16(10-12-4-5-12)14(17)13-6-7-15-11(2)9-13/h1,11-13,15H,4-10H2,2H3. The van der Waals surface area contributed by atoms with Gasteiger partial charge in [0.25, 0.3) is 0 Å². The molecule has 2 unspecified atom stereocenters. The molecule has 3 heteroatoms. The molecule has 1 saturated carbocycles. The Morgan fingerprint density at radius 3 is 2.82 bits per heavy atom. The number of amides is 1. The van der Waals surface area contributed by atoms with Crippen molar-refractivity contribution in [3.63, 3.8) is 0 Å². The van der Waals surface area contributed by atoms with Crippen LogP contribution in [0.5, 0.6) is 0 Å². The molecule has 2 fully saturated rings. The Kier molecular flexibility index (Phi) is 4.06. The van der Waals surface area contributed by atoms with Crippen LogP contribution >= 0.6 is 0 Å². The molecule has 2 atom stereocenters. The van der Waals surface area contributed by atoms with E-state index in [2.05, 4.69) is 18.2 Å². The Hall–Kier alpha value is -1.01. The Morgan fingerprint density at radius 2 is 2.24 bits per heavy atom. The van der Waals surface area contributed by atoms with E-state index in [1.54, 1.807) is 0 Å². The van der Waals surface area contributed by atoms with E-state index in [-0.39, 0.29) is 11.8 Å². The molecule has 0 aromatic carbocycles. The number of piperidine rings is 1. The van der Waals surface area contributed by atoms with E-state index in [0.29, 0.717) is 18.5 Å². The SMILES string of the molecule is C#CCN(CC1CC1)C(=O)C1CCNC(C)C1. The van der Waals surface area contributed by atoms with Gasteiger partial charge in [-0.25, -0.2) is 0 Å². The maximum atomic E-state index is 12.4. The largest absolute Gasteiger partial charge is 0.331 e. The van der Waals surface area contributed by atoms with E-state index in [9.17, 15) is 4.79 Å². The van der Waals surface area contributed by atoms with Crippen molar-refractivity contribution in [3.8, 4) is 12.3 Å². The summed E-state index contributed by atoms with van der Waals surface area (Å²) < 4.78 is 0. The highest BCUT2D eigenvalue weighted by Crippen LogP contribution is 2.30. The number of nitrogens with zero attached hydrogens (tertiary/aromatic N) is 1. The van der Waals surface area contributed by atoms with Crippen molar-refractivity contribution >= 4 is 5.91 Å². The fraction of sp³-hybridized carbons (Fsp3) is 0.786. The molecular formula is C14H22N2O. The molecule has 1 aliphatic carbocycles. The lowest BCUT2D eigenvalue weighted by Gasteiger charge is -2.31. The second-order valence-corrected chi connectivity index (χ2v) is 5.44. The number of carbonyl (C=O) groups is 1. The van der Waals surface area contributed by atoms with Crippen LogP contribution in [0.1, 0.15) is 32.6 Å². The Morgan fingerprint density at radius 1 is 1.47 bits per heavy atom. The van der Waals surface area contributed by atoms with Crippen LogP contribution in [-0.2, 0) is 4.79 Å². The molecule has 1 saturated heterocycles. The van der Waals surface area contributed by atoms with Crippen molar-refractivity contribution < 1.29 is 4.79 Å². The first-order chi connectivity index (χ1) is 8.20. The van der Waals surface area contributed by atoms with Crippen molar-refractivity contribution in [1.29, 1.82) is 0 Å². The molecule has 0 spiro atoms. The minimum atomic E-state index is 0.179. The van der Waals surface area contributed by atoms with Gasteiger partial charge < -0.3 is 10.2 Å². The van der Waals surface area contributed by atoms with E-state index in [1.165, 1.54) is 12.8 Å². The van der Waals surface area contributed by atoms with Crippen LogP contribution in [0.4, 0.5) is 0 Å². The van der Waals surface area contributed by atoms with Gasteiger partial charge in [-0.15, -0.1) is 6.42 Å². The van der Waals surface area contributed by atoms with Crippen LogP contribution in [0.25, 0.3) is 0 Å². The van der Waals surface area contributed by atoms with E-state index in [4.69, 9.17) is 6.42 Å². The molecule has 2 aliphatic rings. The van der Waals surface area contributed by atoms with Gasteiger partial charge in [0, 0.05) is 18.5 Å². The topological polar surface area (TPSA) is 32.3 Å². The molecule has 0 radical (unpaired) electrons. The third kappa shape index (κ3) is 3.47. The van der Waals surface area contributed by atoms with Crippen molar-refractivity contribution in [2.75, 3.05) is 19.6 Å². The molecule has 1 heterocycles. The average molecular weight is 234 g/mol. The summed E-state index contributed by atoms with van der Waals surface area (Å²) in [6.07, 6.45) is 9.79. The zero-order valence-corrected chi connectivity index (χ0v) is 10.6. The maximum absolute atomic E-state index is 12.4. The first kappa shape index (κ1) is 12.4. The predicted octanol–water partition coefficient (Wildman–Crippen LogP) is 1.25. The summed E-state index contributed by atoms with van der Waals surface area (Å²) in [6, 6.07) is 0.450. The van der Waals surface area contributed by atoms with Gasteiger partial charge in [0.2, 0.25) is 5.91 Å². The van der Waals surface area contributed by atoms with Gasteiger partial charge in [0.1, 0.15) is 0 Å². The molecule has 17 heavy (non-hydrogen) atoms. The van der Waals surface area contributed by atoms with Crippen LogP contribution < -0.4 is 5.32 Å². The van der Waals surface area contributed by atoms with Crippen molar-refractivity contribution in [1.82, 2.24) is 10.2 Å². The Labute approximate surface area is 104 Å². The monoisotopic (exact) mass is 234 g/mol. The van der Waals surface area contributed by atoms with E-state index in [1.807, 2.05) is 4.90 Å². The number of nitrogens with one attached hydrogen (secondary N) is 1. The van der Waals surface area contributed by atoms with Gasteiger partial charge in [0.05, 0.1) is 6.54 Å². The lowest BCUT2D eigenvalue weighted by atomic mass is 9.92. The highest BCUT2D eigenvalue weighted by molar-refractivity contribution is 5.79. The highest BCUT2D eigenvalue weighted by Gasteiger charge is 2.31. The van der Waals surface area contributed by atoms with Gasteiger partial charge in [-0.1, -0.05) is 5.92 Å². The molecule has 3 nitrogen and oxygen atoms in total. The van der Waals surface area contributed by atoms with Crippen molar-refractivity contribution in [2.45, 2.75) is 38.6 Å². The van der Waals surface area contributed by atoms with E-state index in [0.717, 1.165) is 25.9 Å². The third-order valence-corrected chi connectivity index (χ3v) is 3.74. The van der Waals surface area contributed by atoms with Crippen LogP contribution in [0.3, 0.4) is 0 Å². The van der Waals surface area contributed by atoms with Gasteiger partial charge in [-0.3, -0.25) is 4.79 Å². The molecule has 2 rings (SSSR count). The van der Waals surface area contributed by atoms with E-state index >= 15 is 0 Å². The molecule has 0 aromatic heterocycles. The summed E-state index contributed by atoms with van der Waals surface area (Å²) in [5, 5.41) is 3.38. The number of hydrogen-bond donors (Lipinski definition) is 1. The number of rotatable bonds is 4. The van der Waals surface area contributed by atoms with Crippen LogP contribution in [0.15, 0.2) is 0 Å². The van der Waals surface area contributed by atoms with Crippen LogP contribution in [0.2, 0.25) is 0 Å². The molecular weight excluding hydrogens is 212 g/mol. The van der Waals surface area contributed by atoms with Crippen LogP contribution in [0, 0.1) is 24.2 Å². The fourth-order valence-electron chi connectivity index (χ4n) is 2.57. The average Bonchev–Trinajstić information content (AvgIpc) is 3.11. The molecule has 1 aliphatic heterocycles. The summed E-state index contributed by atoms with van der Waals surface area (Å²) in [6.45, 7) is 4.45. The summed E-state index contributed by atoms with van der Waals surface area (Å²) in [7, 11) is 0. The minimum absolute atomic E-state index is 0.179. The van der Waals surface area contributed by atoms with Crippen molar-refractivity contribution in [2.24, 2.45) is 11.8 Å². The highest BCUT2D eigenvalue weighted by atomic mass is 16.2. The lowest BCUT2D eigenvalue weighted by molar-refractivity contribution is -0.136.